The molecule has 0 fully saturated rings. The predicted octanol–water partition coefficient (Wildman–Crippen LogP) is 5.32. The highest BCUT2D eigenvalue weighted by Gasteiger charge is 2.14. The molecule has 6 nitrogen and oxygen atoms in total. The molecule has 6 heteroatoms. The molecule has 0 unspecified atom stereocenters. The molecule has 1 N–H and O–H groups in total. The second kappa shape index (κ2) is 8.89. The number of anilines is 1. The summed E-state index contributed by atoms with van der Waals surface area (Å²) in [5.41, 5.74) is 6.10. The van der Waals surface area contributed by atoms with Crippen LogP contribution in [0.2, 0.25) is 0 Å². The van der Waals surface area contributed by atoms with Crippen LogP contribution in [0.25, 0.3) is 33.4 Å². The number of hydrogen-bond donors (Lipinski definition) is 1. The van der Waals surface area contributed by atoms with Gasteiger partial charge in [0.05, 0.1) is 28.7 Å². The molecule has 0 atom stereocenters. The Morgan fingerprint density at radius 2 is 1.66 bits per heavy atom. The van der Waals surface area contributed by atoms with Crippen LogP contribution in [0.1, 0.15) is 18.2 Å². The number of aryl methyl sites for hydroxylation is 1. The normalized spacial score (nSPS) is 10.9. The molecule has 0 amide bonds. The van der Waals surface area contributed by atoms with E-state index in [1.165, 1.54) is 11.9 Å². The molecule has 2 aromatic carbocycles. The van der Waals surface area contributed by atoms with Gasteiger partial charge in [0.1, 0.15) is 12.1 Å². The van der Waals surface area contributed by atoms with Gasteiger partial charge < -0.3 is 5.32 Å². The van der Waals surface area contributed by atoms with Crippen LogP contribution in [0.5, 0.6) is 0 Å². The third-order valence-corrected chi connectivity index (χ3v) is 5.38. The van der Waals surface area contributed by atoms with Gasteiger partial charge in [0.25, 0.3) is 0 Å². The van der Waals surface area contributed by atoms with Crippen molar-refractivity contribution in [1.82, 2.24) is 24.9 Å². The summed E-state index contributed by atoms with van der Waals surface area (Å²) in [6.45, 7) is 2.72. The maximum Gasteiger partial charge on any atom is 0.165 e. The van der Waals surface area contributed by atoms with Gasteiger partial charge in [-0.05, 0) is 41.3 Å². The number of pyridine rings is 1. The van der Waals surface area contributed by atoms with Crippen LogP contribution >= 0.6 is 0 Å². The number of fused-ring (bicyclic) bond motifs is 1. The molecular formula is C26H22N6. The van der Waals surface area contributed by atoms with Crippen molar-refractivity contribution in [3.05, 3.63) is 96.8 Å². The van der Waals surface area contributed by atoms with Crippen LogP contribution in [-0.4, -0.2) is 24.9 Å². The summed E-state index contributed by atoms with van der Waals surface area (Å²) in [6.07, 6.45) is 7.76. The van der Waals surface area contributed by atoms with Crippen LogP contribution in [0.15, 0.2) is 85.6 Å². The maximum absolute atomic E-state index is 4.88. The SMILES string of the molecule is CCc1ccc(-c2cccc3nc(-c4cncnc4)nc(NCc4ccccn4)c23)cc1. The monoisotopic (exact) mass is 418 g/mol. The lowest BCUT2D eigenvalue weighted by atomic mass is 9.99. The molecule has 0 saturated heterocycles. The van der Waals surface area contributed by atoms with E-state index >= 15 is 0 Å². The first-order valence-electron chi connectivity index (χ1n) is 10.6. The zero-order chi connectivity index (χ0) is 21.8. The fourth-order valence-corrected chi connectivity index (χ4v) is 3.69. The second-order valence-electron chi connectivity index (χ2n) is 7.45. The standard InChI is InChI=1S/C26H22N6/c1-2-18-9-11-19(12-10-18)22-7-5-8-23-24(22)26(30-16-21-6-3-4-13-29-21)32-25(31-23)20-14-27-17-28-15-20/h3-15,17H,2,16H2,1H3,(H,30,31,32). The van der Waals surface area contributed by atoms with Crippen LogP contribution in [0.4, 0.5) is 5.82 Å². The third-order valence-electron chi connectivity index (χ3n) is 5.38. The van der Waals surface area contributed by atoms with E-state index in [4.69, 9.17) is 9.97 Å². The lowest BCUT2D eigenvalue weighted by Crippen LogP contribution is -2.06. The minimum absolute atomic E-state index is 0.556. The predicted molar refractivity (Wildman–Crippen MR) is 127 cm³/mol. The van der Waals surface area contributed by atoms with Crippen molar-refractivity contribution in [2.24, 2.45) is 0 Å². The van der Waals surface area contributed by atoms with Crippen molar-refractivity contribution < 1.29 is 0 Å². The molecule has 0 saturated carbocycles. The largest absolute Gasteiger partial charge is 0.364 e. The van der Waals surface area contributed by atoms with Gasteiger partial charge >= 0.3 is 0 Å². The number of nitrogens with zero attached hydrogens (tertiary/aromatic N) is 5. The van der Waals surface area contributed by atoms with E-state index in [1.54, 1.807) is 18.6 Å². The van der Waals surface area contributed by atoms with E-state index in [1.807, 2.05) is 30.3 Å². The van der Waals surface area contributed by atoms with E-state index in [-0.39, 0.29) is 0 Å². The Kier molecular flexibility index (Phi) is 5.49. The Morgan fingerprint density at radius 1 is 0.812 bits per heavy atom. The quantitative estimate of drug-likeness (QED) is 0.402. The van der Waals surface area contributed by atoms with E-state index in [0.29, 0.717) is 12.4 Å². The average Bonchev–Trinajstić information content (AvgIpc) is 2.88. The molecule has 0 bridgehead atoms. The minimum Gasteiger partial charge on any atom is -0.364 e. The third kappa shape index (κ3) is 4.03. The molecule has 0 aliphatic carbocycles. The molecule has 0 aliphatic rings. The number of nitrogens with one attached hydrogen (secondary N) is 1. The summed E-state index contributed by atoms with van der Waals surface area (Å²) < 4.78 is 0. The number of rotatable bonds is 6. The molecule has 5 aromatic rings. The average molecular weight is 419 g/mol. The van der Waals surface area contributed by atoms with Crippen molar-refractivity contribution in [2.75, 3.05) is 5.32 Å². The first-order chi connectivity index (χ1) is 15.8. The van der Waals surface area contributed by atoms with Gasteiger partial charge in [0.15, 0.2) is 5.82 Å². The van der Waals surface area contributed by atoms with Crippen LogP contribution in [0, 0.1) is 0 Å². The fourth-order valence-electron chi connectivity index (χ4n) is 3.69. The molecule has 3 heterocycles. The zero-order valence-electron chi connectivity index (χ0n) is 17.7. The Balaban J connectivity index is 1.66. The highest BCUT2D eigenvalue weighted by Crippen LogP contribution is 2.34. The highest BCUT2D eigenvalue weighted by molar-refractivity contribution is 6.02. The van der Waals surface area contributed by atoms with Crippen LogP contribution in [-0.2, 0) is 13.0 Å². The van der Waals surface area contributed by atoms with Crippen molar-refractivity contribution in [3.8, 4) is 22.5 Å². The van der Waals surface area contributed by atoms with E-state index in [2.05, 4.69) is 57.5 Å². The smallest absolute Gasteiger partial charge is 0.165 e. The van der Waals surface area contributed by atoms with Gasteiger partial charge in [0.2, 0.25) is 0 Å². The first kappa shape index (κ1) is 19.8. The number of aromatic nitrogens is 5. The van der Waals surface area contributed by atoms with Gasteiger partial charge in [-0.1, -0.05) is 49.4 Å². The molecule has 3 aromatic heterocycles. The Hall–Kier alpha value is -4.19. The zero-order valence-corrected chi connectivity index (χ0v) is 17.7. The topological polar surface area (TPSA) is 76.5 Å². The summed E-state index contributed by atoms with van der Waals surface area (Å²) >= 11 is 0. The van der Waals surface area contributed by atoms with E-state index < -0.39 is 0 Å². The lowest BCUT2D eigenvalue weighted by molar-refractivity contribution is 1.03. The lowest BCUT2D eigenvalue weighted by Gasteiger charge is -2.14. The van der Waals surface area contributed by atoms with Gasteiger partial charge in [0, 0.05) is 18.6 Å². The number of hydrogen-bond acceptors (Lipinski definition) is 6. The second-order valence-corrected chi connectivity index (χ2v) is 7.45. The minimum atomic E-state index is 0.556. The van der Waals surface area contributed by atoms with Crippen molar-refractivity contribution in [1.29, 1.82) is 0 Å². The van der Waals surface area contributed by atoms with E-state index in [9.17, 15) is 0 Å². The molecular weight excluding hydrogens is 396 g/mol. The summed E-state index contributed by atoms with van der Waals surface area (Å²) in [5, 5.41) is 4.47. The molecule has 0 radical (unpaired) electrons. The van der Waals surface area contributed by atoms with Gasteiger partial charge in [-0.2, -0.15) is 0 Å². The van der Waals surface area contributed by atoms with Gasteiger partial charge in [-0.15, -0.1) is 0 Å². The molecule has 32 heavy (non-hydrogen) atoms. The van der Waals surface area contributed by atoms with E-state index in [0.717, 1.165) is 45.5 Å². The van der Waals surface area contributed by atoms with Crippen LogP contribution < -0.4 is 5.32 Å². The summed E-state index contributed by atoms with van der Waals surface area (Å²) in [5.74, 6) is 1.34. The summed E-state index contributed by atoms with van der Waals surface area (Å²) in [7, 11) is 0. The first-order valence-corrected chi connectivity index (χ1v) is 10.6. The van der Waals surface area contributed by atoms with Crippen molar-refractivity contribution in [3.63, 3.8) is 0 Å². The fraction of sp³-hybridized carbons (Fsp3) is 0.115. The van der Waals surface area contributed by atoms with Gasteiger partial charge in [-0.3, -0.25) is 4.98 Å². The van der Waals surface area contributed by atoms with Crippen molar-refractivity contribution in [2.45, 2.75) is 19.9 Å². The molecule has 0 spiro atoms. The number of benzene rings is 2. The Labute approximate surface area is 186 Å². The Bertz CT molecular complexity index is 1340. The molecule has 0 aliphatic heterocycles. The van der Waals surface area contributed by atoms with Crippen LogP contribution in [0.3, 0.4) is 0 Å². The highest BCUT2D eigenvalue weighted by atomic mass is 15.0. The summed E-state index contributed by atoms with van der Waals surface area (Å²) in [4.78, 5) is 22.4. The Morgan fingerprint density at radius 3 is 2.41 bits per heavy atom. The molecule has 5 rings (SSSR count). The maximum atomic E-state index is 4.88. The molecule has 156 valence electrons. The van der Waals surface area contributed by atoms with Crippen molar-refractivity contribution >= 4 is 16.7 Å². The van der Waals surface area contributed by atoms with Gasteiger partial charge in [-0.25, -0.2) is 19.9 Å². The summed E-state index contributed by atoms with van der Waals surface area (Å²) in [6, 6.07) is 20.7.